The second-order valence-electron chi connectivity index (χ2n) is 10.4. The van der Waals surface area contributed by atoms with Gasteiger partial charge in [-0.3, -0.25) is 0 Å². The molecule has 2 amide bonds. The number of carbonyl (C=O) groups is 1. The molecule has 5 rings (SSSR count). The number of halogens is 2. The van der Waals surface area contributed by atoms with E-state index in [2.05, 4.69) is 11.4 Å². The number of hydrogen-bond donors (Lipinski definition) is 1. The zero-order chi connectivity index (χ0) is 29.1. The summed E-state index contributed by atoms with van der Waals surface area (Å²) in [6.07, 6.45) is 2.37. The van der Waals surface area contributed by atoms with E-state index < -0.39 is 10.0 Å². The molecule has 11 heteroatoms. The summed E-state index contributed by atoms with van der Waals surface area (Å²) in [5.74, 6) is 0.611. The van der Waals surface area contributed by atoms with Crippen LogP contribution in [0.4, 0.5) is 10.5 Å². The highest BCUT2D eigenvalue weighted by Crippen LogP contribution is 2.36. The summed E-state index contributed by atoms with van der Waals surface area (Å²) in [4.78, 5) is 15.3. The third-order valence-electron chi connectivity index (χ3n) is 7.34. The van der Waals surface area contributed by atoms with Crippen molar-refractivity contribution in [1.82, 2.24) is 9.21 Å². The first-order valence-corrected chi connectivity index (χ1v) is 15.8. The number of morpholine rings is 1. The fourth-order valence-corrected chi connectivity index (χ4v) is 7.28. The molecular formula is C30H33Cl2N3O5S. The Bertz CT molecular complexity index is 1520. The smallest absolute Gasteiger partial charge is 0.322 e. The number of nitrogens with zero attached hydrogens (tertiary/aromatic N) is 2. The van der Waals surface area contributed by atoms with Crippen molar-refractivity contribution in [2.24, 2.45) is 0 Å². The van der Waals surface area contributed by atoms with Crippen molar-refractivity contribution in [1.29, 1.82) is 0 Å². The molecule has 2 aliphatic rings. The van der Waals surface area contributed by atoms with Crippen LogP contribution in [0.5, 0.6) is 11.5 Å². The van der Waals surface area contributed by atoms with Crippen LogP contribution in [0.25, 0.3) is 0 Å². The molecule has 2 aliphatic heterocycles. The van der Waals surface area contributed by atoms with E-state index in [1.54, 1.807) is 29.2 Å². The van der Waals surface area contributed by atoms with E-state index in [0.717, 1.165) is 36.0 Å². The van der Waals surface area contributed by atoms with Gasteiger partial charge in [0.05, 0.1) is 23.7 Å². The quantitative estimate of drug-likeness (QED) is 0.316. The molecule has 2 heterocycles. The molecular weight excluding hydrogens is 585 g/mol. The van der Waals surface area contributed by atoms with Crippen LogP contribution >= 0.6 is 23.2 Å². The standard InChI is InChI=1S/C30H33Cl2N3O5S/c1-20-6-8-26(21(2)14-20)29-19-34(12-13-39-29)30(36)33-27-18-25(41(37,38)35-10-4-3-5-11-35)7-9-28(27)40-24-16-22(31)15-23(32)17-24/h6-9,14-18,29H,3-5,10-13,19H2,1-2H3,(H,33,36). The van der Waals surface area contributed by atoms with Crippen LogP contribution in [-0.4, -0.2) is 56.4 Å². The SMILES string of the molecule is Cc1ccc(C2CN(C(=O)Nc3cc(S(=O)(=O)N4CCCCC4)ccc3Oc3cc(Cl)cc(Cl)c3)CCO2)c(C)c1. The van der Waals surface area contributed by atoms with E-state index in [1.165, 1.54) is 16.4 Å². The maximum atomic E-state index is 13.6. The summed E-state index contributed by atoms with van der Waals surface area (Å²) in [5, 5.41) is 3.66. The molecule has 1 unspecified atom stereocenters. The van der Waals surface area contributed by atoms with Gasteiger partial charge in [-0.1, -0.05) is 53.4 Å². The number of benzene rings is 3. The summed E-state index contributed by atoms with van der Waals surface area (Å²) < 4.78 is 40.5. The largest absolute Gasteiger partial charge is 0.455 e. The van der Waals surface area contributed by atoms with Gasteiger partial charge in [-0.15, -0.1) is 0 Å². The highest BCUT2D eigenvalue weighted by molar-refractivity contribution is 7.89. The molecule has 3 aromatic carbocycles. The number of urea groups is 1. The van der Waals surface area contributed by atoms with Gasteiger partial charge in [0.2, 0.25) is 10.0 Å². The van der Waals surface area contributed by atoms with Gasteiger partial charge in [-0.05, 0) is 74.2 Å². The molecule has 0 bridgehead atoms. The molecule has 41 heavy (non-hydrogen) atoms. The number of hydrogen-bond acceptors (Lipinski definition) is 5. The van der Waals surface area contributed by atoms with Crippen LogP contribution in [0, 0.1) is 13.8 Å². The first-order chi connectivity index (χ1) is 19.6. The van der Waals surface area contributed by atoms with E-state index in [1.807, 2.05) is 26.0 Å². The van der Waals surface area contributed by atoms with Gasteiger partial charge in [0.25, 0.3) is 0 Å². The molecule has 0 aromatic heterocycles. The Kier molecular flexibility index (Phi) is 9.11. The highest BCUT2D eigenvalue weighted by atomic mass is 35.5. The van der Waals surface area contributed by atoms with Crippen molar-refractivity contribution in [2.75, 3.05) is 38.1 Å². The van der Waals surface area contributed by atoms with Crippen molar-refractivity contribution in [3.8, 4) is 11.5 Å². The molecule has 8 nitrogen and oxygen atoms in total. The molecule has 1 atom stereocenters. The molecule has 0 aliphatic carbocycles. The van der Waals surface area contributed by atoms with Crippen LogP contribution in [0.3, 0.4) is 0 Å². The summed E-state index contributed by atoms with van der Waals surface area (Å²) >= 11 is 12.3. The Morgan fingerprint density at radius 3 is 2.39 bits per heavy atom. The highest BCUT2D eigenvalue weighted by Gasteiger charge is 2.29. The average Bonchev–Trinajstić information content (AvgIpc) is 2.94. The summed E-state index contributed by atoms with van der Waals surface area (Å²) in [6, 6.07) is 15.0. The van der Waals surface area contributed by atoms with E-state index in [9.17, 15) is 13.2 Å². The van der Waals surface area contributed by atoms with Gasteiger partial charge in [0.15, 0.2) is 5.75 Å². The van der Waals surface area contributed by atoms with Crippen LogP contribution in [0.2, 0.25) is 10.0 Å². The minimum atomic E-state index is -3.75. The van der Waals surface area contributed by atoms with Crippen LogP contribution in [0.1, 0.15) is 42.1 Å². The van der Waals surface area contributed by atoms with E-state index in [0.29, 0.717) is 48.6 Å². The minimum absolute atomic E-state index is 0.0845. The zero-order valence-corrected chi connectivity index (χ0v) is 25.4. The Balaban J connectivity index is 1.43. The molecule has 3 aromatic rings. The lowest BCUT2D eigenvalue weighted by Crippen LogP contribution is -2.44. The van der Waals surface area contributed by atoms with Gasteiger partial charge in [-0.2, -0.15) is 4.31 Å². The van der Waals surface area contributed by atoms with Gasteiger partial charge in [0.1, 0.15) is 11.9 Å². The Morgan fingerprint density at radius 2 is 1.68 bits per heavy atom. The van der Waals surface area contributed by atoms with Crippen molar-refractivity contribution in [3.63, 3.8) is 0 Å². The predicted molar refractivity (Wildman–Crippen MR) is 161 cm³/mol. The maximum absolute atomic E-state index is 13.6. The number of rotatable bonds is 6. The fourth-order valence-electron chi connectivity index (χ4n) is 5.23. The van der Waals surface area contributed by atoms with Crippen LogP contribution in [-0.2, 0) is 14.8 Å². The van der Waals surface area contributed by atoms with Gasteiger partial charge in [0, 0.05) is 29.7 Å². The lowest BCUT2D eigenvalue weighted by Gasteiger charge is -2.34. The number of amides is 2. The number of piperidine rings is 1. The number of nitrogens with one attached hydrogen (secondary N) is 1. The predicted octanol–water partition coefficient (Wildman–Crippen LogP) is 7.18. The number of sulfonamides is 1. The number of aryl methyl sites for hydroxylation is 2. The summed E-state index contributed by atoms with van der Waals surface area (Å²) in [6.45, 7) is 6.12. The topological polar surface area (TPSA) is 88.2 Å². The van der Waals surface area contributed by atoms with Crippen LogP contribution in [0.15, 0.2) is 59.5 Å². The number of anilines is 1. The van der Waals surface area contributed by atoms with Gasteiger partial charge < -0.3 is 19.7 Å². The number of ether oxygens (including phenoxy) is 2. The van der Waals surface area contributed by atoms with Crippen LogP contribution < -0.4 is 10.1 Å². The molecule has 218 valence electrons. The van der Waals surface area contributed by atoms with Crippen molar-refractivity contribution in [2.45, 2.75) is 44.1 Å². The second kappa shape index (κ2) is 12.6. The van der Waals surface area contributed by atoms with E-state index in [4.69, 9.17) is 32.7 Å². The summed E-state index contributed by atoms with van der Waals surface area (Å²) in [5.41, 5.74) is 3.51. The number of carbonyl (C=O) groups excluding carboxylic acids is 1. The van der Waals surface area contributed by atoms with E-state index >= 15 is 0 Å². The lowest BCUT2D eigenvalue weighted by atomic mass is 10.00. The zero-order valence-electron chi connectivity index (χ0n) is 23.0. The second-order valence-corrected chi connectivity index (χ2v) is 13.2. The fraction of sp³-hybridized carbons (Fsp3) is 0.367. The molecule has 0 spiro atoms. The first-order valence-electron chi connectivity index (χ1n) is 13.6. The minimum Gasteiger partial charge on any atom is -0.455 e. The third-order valence-corrected chi connectivity index (χ3v) is 9.67. The molecule has 0 saturated carbocycles. The average molecular weight is 619 g/mol. The van der Waals surface area contributed by atoms with Gasteiger partial charge >= 0.3 is 6.03 Å². The lowest BCUT2D eigenvalue weighted by molar-refractivity contribution is -0.0138. The van der Waals surface area contributed by atoms with Crippen molar-refractivity contribution in [3.05, 3.63) is 81.3 Å². The normalized spacial score (nSPS) is 18.2. The molecule has 1 N–H and O–H groups in total. The third kappa shape index (κ3) is 6.98. The van der Waals surface area contributed by atoms with Gasteiger partial charge in [-0.25, -0.2) is 13.2 Å². The Morgan fingerprint density at radius 1 is 0.951 bits per heavy atom. The Labute approximate surface area is 251 Å². The monoisotopic (exact) mass is 617 g/mol. The Hall–Kier alpha value is -2.82. The van der Waals surface area contributed by atoms with Crippen molar-refractivity contribution < 1.29 is 22.7 Å². The maximum Gasteiger partial charge on any atom is 0.322 e. The van der Waals surface area contributed by atoms with E-state index in [-0.39, 0.29) is 28.5 Å². The molecule has 2 saturated heterocycles. The molecule has 0 radical (unpaired) electrons. The molecule has 2 fully saturated rings. The first kappa shape index (κ1) is 29.7. The summed E-state index contributed by atoms with van der Waals surface area (Å²) in [7, 11) is -3.75. The van der Waals surface area contributed by atoms with Crippen molar-refractivity contribution >= 4 is 44.9 Å².